The van der Waals surface area contributed by atoms with E-state index in [1.54, 1.807) is 17.8 Å². The maximum absolute atomic E-state index is 11.1. The van der Waals surface area contributed by atoms with Crippen molar-refractivity contribution in [1.82, 2.24) is 19.5 Å². The summed E-state index contributed by atoms with van der Waals surface area (Å²) in [5.74, 6) is -2.89. The SMILES string of the molecule is C[C@H](Cn1cnc2c(N)ncnc21)OCP(=O)(Cl)Cl.Cl. The van der Waals surface area contributed by atoms with E-state index in [2.05, 4.69) is 15.0 Å². The number of ether oxygens (including phenoxy) is 1. The maximum Gasteiger partial charge on any atom is 0.277 e. The minimum atomic E-state index is -3.21. The highest BCUT2D eigenvalue weighted by molar-refractivity contribution is 8.08. The summed E-state index contributed by atoms with van der Waals surface area (Å²) in [5.41, 5.74) is 6.84. The van der Waals surface area contributed by atoms with Crippen LogP contribution in [0.2, 0.25) is 0 Å². The monoisotopic (exact) mass is 359 g/mol. The van der Waals surface area contributed by atoms with E-state index in [4.69, 9.17) is 33.0 Å². The second-order valence-electron chi connectivity index (χ2n) is 4.00. The molecule has 2 aromatic heterocycles. The van der Waals surface area contributed by atoms with Gasteiger partial charge in [-0.25, -0.2) is 15.0 Å². The number of hydrogen-bond acceptors (Lipinski definition) is 6. The summed E-state index contributed by atoms with van der Waals surface area (Å²) in [7, 11) is 0. The fraction of sp³-hybridized carbons (Fsp3) is 0.444. The third-order valence-electron chi connectivity index (χ3n) is 2.39. The zero-order valence-corrected chi connectivity index (χ0v) is 13.7. The zero-order chi connectivity index (χ0) is 14.0. The number of imidazole rings is 1. The number of rotatable bonds is 5. The molecule has 0 aliphatic heterocycles. The molecule has 0 spiro atoms. The normalized spacial score (nSPS) is 13.2. The first-order valence-corrected chi connectivity index (χ1v) is 9.08. The van der Waals surface area contributed by atoms with E-state index >= 15 is 0 Å². The van der Waals surface area contributed by atoms with Gasteiger partial charge in [-0.05, 0) is 29.4 Å². The van der Waals surface area contributed by atoms with Crippen molar-refractivity contribution in [2.45, 2.75) is 19.6 Å². The third kappa shape index (κ3) is 4.46. The summed E-state index contributed by atoms with van der Waals surface area (Å²) in [5, 5.41) is 0. The summed E-state index contributed by atoms with van der Waals surface area (Å²) >= 11 is 10.8. The summed E-state index contributed by atoms with van der Waals surface area (Å²) in [6.07, 6.45) is 2.52. The van der Waals surface area contributed by atoms with Crippen LogP contribution in [0.5, 0.6) is 0 Å². The van der Waals surface area contributed by atoms with Crippen LogP contribution < -0.4 is 5.73 Å². The Balaban J connectivity index is 0.00000200. The van der Waals surface area contributed by atoms with Gasteiger partial charge in [-0.1, -0.05) is 0 Å². The molecule has 0 aliphatic carbocycles. The van der Waals surface area contributed by atoms with Crippen LogP contribution in [0.25, 0.3) is 11.2 Å². The van der Waals surface area contributed by atoms with E-state index in [0.29, 0.717) is 23.5 Å². The van der Waals surface area contributed by atoms with Gasteiger partial charge >= 0.3 is 0 Å². The predicted molar refractivity (Wildman–Crippen MR) is 81.7 cm³/mol. The lowest BCUT2D eigenvalue weighted by Crippen LogP contribution is -2.16. The van der Waals surface area contributed by atoms with Crippen LogP contribution in [0.1, 0.15) is 6.92 Å². The average molecular weight is 361 g/mol. The number of hydrogen-bond donors (Lipinski definition) is 1. The van der Waals surface area contributed by atoms with Gasteiger partial charge in [0, 0.05) is 0 Å². The molecule has 0 aromatic carbocycles. The van der Waals surface area contributed by atoms with Crippen LogP contribution in [-0.2, 0) is 15.8 Å². The van der Waals surface area contributed by atoms with Crippen molar-refractivity contribution in [2.75, 3.05) is 12.1 Å². The molecule has 0 amide bonds. The predicted octanol–water partition coefficient (Wildman–Crippen LogP) is 2.86. The molecule has 0 saturated heterocycles. The van der Waals surface area contributed by atoms with Crippen molar-refractivity contribution < 1.29 is 9.30 Å². The first kappa shape index (κ1) is 17.5. The van der Waals surface area contributed by atoms with Gasteiger partial charge in [0.15, 0.2) is 11.5 Å². The Kier molecular flexibility index (Phi) is 6.04. The summed E-state index contributed by atoms with van der Waals surface area (Å²) in [6.45, 7) is 2.26. The van der Waals surface area contributed by atoms with Crippen LogP contribution >= 0.6 is 40.7 Å². The van der Waals surface area contributed by atoms with Crippen molar-refractivity contribution in [3.8, 4) is 0 Å². The lowest BCUT2D eigenvalue weighted by atomic mass is 10.4. The molecule has 0 saturated carbocycles. The van der Waals surface area contributed by atoms with E-state index in [1.807, 2.05) is 0 Å². The Morgan fingerprint density at radius 2 is 2.15 bits per heavy atom. The molecule has 0 fully saturated rings. The Hall–Kier alpha value is -0.590. The van der Waals surface area contributed by atoms with Gasteiger partial charge in [-0.15, -0.1) is 12.4 Å². The minimum absolute atomic E-state index is 0. The number of nitrogen functional groups attached to an aromatic ring is 1. The zero-order valence-electron chi connectivity index (χ0n) is 10.4. The lowest BCUT2D eigenvalue weighted by Gasteiger charge is -2.14. The van der Waals surface area contributed by atoms with E-state index in [0.717, 1.165) is 0 Å². The molecule has 2 rings (SSSR count). The van der Waals surface area contributed by atoms with Crippen molar-refractivity contribution >= 4 is 57.7 Å². The smallest absolute Gasteiger partial charge is 0.277 e. The molecule has 0 unspecified atom stereocenters. The van der Waals surface area contributed by atoms with Crippen molar-refractivity contribution in [3.05, 3.63) is 12.7 Å². The van der Waals surface area contributed by atoms with Gasteiger partial charge in [0.05, 0.1) is 19.0 Å². The van der Waals surface area contributed by atoms with Crippen molar-refractivity contribution in [3.63, 3.8) is 0 Å². The first-order valence-electron chi connectivity index (χ1n) is 5.38. The van der Waals surface area contributed by atoms with Crippen molar-refractivity contribution in [1.29, 1.82) is 0 Å². The van der Waals surface area contributed by atoms with E-state index in [9.17, 15) is 4.57 Å². The Bertz CT molecular complexity index is 631. The highest BCUT2D eigenvalue weighted by atomic mass is 35.9. The summed E-state index contributed by atoms with van der Waals surface area (Å²) < 4.78 is 18.2. The van der Waals surface area contributed by atoms with Crippen LogP contribution in [0, 0.1) is 0 Å². The van der Waals surface area contributed by atoms with Gasteiger partial charge in [-0.3, -0.25) is 4.57 Å². The topological polar surface area (TPSA) is 95.9 Å². The fourth-order valence-corrected chi connectivity index (χ4v) is 2.34. The molecular weight excluding hydrogens is 347 g/mol. The summed E-state index contributed by atoms with van der Waals surface area (Å²) in [6, 6.07) is 0. The molecule has 0 bridgehead atoms. The van der Waals surface area contributed by atoms with Crippen LogP contribution in [0.15, 0.2) is 12.7 Å². The van der Waals surface area contributed by atoms with E-state index in [1.165, 1.54) is 6.33 Å². The number of fused-ring (bicyclic) bond motifs is 1. The molecule has 2 N–H and O–H groups in total. The van der Waals surface area contributed by atoms with E-state index in [-0.39, 0.29) is 24.9 Å². The molecule has 0 radical (unpaired) electrons. The highest BCUT2D eigenvalue weighted by Crippen LogP contribution is 2.56. The van der Waals surface area contributed by atoms with Gasteiger partial charge in [0.1, 0.15) is 18.2 Å². The largest absolute Gasteiger partial charge is 0.382 e. The standard InChI is InChI=1S/C9H12Cl2N5O2P.ClH/c1-6(18-5-19(10,11)17)2-16-4-15-7-8(12)13-3-14-9(7)16;/h3-4,6H,2,5H2,1H3,(H2,12,13,14);1H/t6-;/m1./s1. The van der Waals surface area contributed by atoms with Gasteiger partial charge in [0.25, 0.3) is 5.85 Å². The fourth-order valence-electron chi connectivity index (χ4n) is 1.58. The van der Waals surface area contributed by atoms with Gasteiger partial charge < -0.3 is 15.0 Å². The van der Waals surface area contributed by atoms with Gasteiger partial charge in [0.2, 0.25) is 0 Å². The second-order valence-corrected chi connectivity index (χ2v) is 9.20. The molecule has 1 atom stereocenters. The Labute approximate surface area is 131 Å². The number of halogens is 3. The highest BCUT2D eigenvalue weighted by Gasteiger charge is 2.17. The molecule has 7 nitrogen and oxygen atoms in total. The minimum Gasteiger partial charge on any atom is -0.382 e. The van der Waals surface area contributed by atoms with Crippen molar-refractivity contribution in [2.24, 2.45) is 0 Å². The first-order chi connectivity index (χ1) is 8.87. The number of nitrogens with two attached hydrogens (primary N) is 1. The number of aromatic nitrogens is 4. The molecule has 0 aliphatic rings. The van der Waals surface area contributed by atoms with Gasteiger partial charge in [-0.2, -0.15) is 0 Å². The molecule has 112 valence electrons. The van der Waals surface area contributed by atoms with Crippen LogP contribution in [-0.4, -0.2) is 32.0 Å². The summed E-state index contributed by atoms with van der Waals surface area (Å²) in [4.78, 5) is 12.1. The molecule has 2 heterocycles. The Morgan fingerprint density at radius 1 is 1.45 bits per heavy atom. The molecular formula is C9H13Cl3N5O2P. The second kappa shape index (κ2) is 6.91. The molecule has 2 aromatic rings. The molecule has 11 heteroatoms. The Morgan fingerprint density at radius 3 is 2.80 bits per heavy atom. The number of anilines is 1. The third-order valence-corrected chi connectivity index (χ3v) is 3.43. The molecule has 20 heavy (non-hydrogen) atoms. The van der Waals surface area contributed by atoms with E-state index < -0.39 is 5.85 Å². The van der Waals surface area contributed by atoms with Crippen LogP contribution in [0.3, 0.4) is 0 Å². The lowest BCUT2D eigenvalue weighted by molar-refractivity contribution is 0.0884. The average Bonchev–Trinajstić information content (AvgIpc) is 2.71. The number of nitrogens with zero attached hydrogens (tertiary/aromatic N) is 4. The maximum atomic E-state index is 11.1. The quantitative estimate of drug-likeness (QED) is 0.824. The van der Waals surface area contributed by atoms with Crippen LogP contribution in [0.4, 0.5) is 5.82 Å².